The molecule has 176 valence electrons. The number of sulfonamides is 1. The van der Waals surface area contributed by atoms with E-state index in [1.807, 2.05) is 6.07 Å². The Hall–Kier alpha value is -2.78. The number of rotatable bonds is 12. The topological polar surface area (TPSA) is 94.2 Å². The van der Waals surface area contributed by atoms with Crippen molar-refractivity contribution in [2.75, 3.05) is 39.2 Å². The zero-order valence-corrected chi connectivity index (χ0v) is 20.1. The molecule has 1 amide bonds. The van der Waals surface area contributed by atoms with Crippen LogP contribution in [0.25, 0.3) is 0 Å². The highest BCUT2D eigenvalue weighted by Crippen LogP contribution is 2.30. The summed E-state index contributed by atoms with van der Waals surface area (Å²) in [5.74, 6) is 1.37. The van der Waals surface area contributed by atoms with Gasteiger partial charge in [-0.2, -0.15) is 4.31 Å². The lowest BCUT2D eigenvalue weighted by atomic mass is 10.1. The molecule has 8 nitrogen and oxygen atoms in total. The number of nitrogens with one attached hydrogen (secondary N) is 1. The van der Waals surface area contributed by atoms with Gasteiger partial charge in [-0.05, 0) is 55.3 Å². The van der Waals surface area contributed by atoms with Gasteiger partial charge in [0.1, 0.15) is 22.1 Å². The average Bonchev–Trinajstić information content (AvgIpc) is 2.79. The lowest BCUT2D eigenvalue weighted by molar-refractivity contribution is -0.116. The van der Waals surface area contributed by atoms with Crippen molar-refractivity contribution in [3.8, 4) is 17.2 Å². The smallest absolute Gasteiger partial charge is 0.246 e. The molecule has 0 aliphatic heterocycles. The molecule has 2 aromatic rings. The Morgan fingerprint density at radius 2 is 1.66 bits per heavy atom. The first-order valence-electron chi connectivity index (χ1n) is 10.6. The molecule has 1 N–H and O–H groups in total. The van der Waals surface area contributed by atoms with E-state index >= 15 is 0 Å². The lowest BCUT2D eigenvalue weighted by Gasteiger charge is -2.21. The predicted octanol–water partition coefficient (Wildman–Crippen LogP) is 3.70. The number of hydrogen-bond donors (Lipinski definition) is 1. The van der Waals surface area contributed by atoms with Crippen LogP contribution in [-0.2, 0) is 21.2 Å². The fraction of sp³-hybridized carbons (Fsp3) is 0.435. The molecular weight excluding hydrogens is 432 g/mol. The van der Waals surface area contributed by atoms with Crippen LogP contribution in [0, 0.1) is 0 Å². The molecule has 0 spiro atoms. The molecule has 2 rings (SSSR count). The van der Waals surface area contributed by atoms with Crippen LogP contribution in [0.4, 0.5) is 5.69 Å². The summed E-state index contributed by atoms with van der Waals surface area (Å²) < 4.78 is 43.6. The number of carbonyl (C=O) groups is 1. The Kier molecular flexibility index (Phi) is 9.34. The van der Waals surface area contributed by atoms with Gasteiger partial charge < -0.3 is 19.5 Å². The molecule has 0 saturated carbocycles. The van der Waals surface area contributed by atoms with Crippen LogP contribution in [0.5, 0.6) is 17.2 Å². The van der Waals surface area contributed by atoms with E-state index in [1.54, 1.807) is 59.3 Å². The van der Waals surface area contributed by atoms with Crippen LogP contribution < -0.4 is 19.5 Å². The summed E-state index contributed by atoms with van der Waals surface area (Å²) in [5.41, 5.74) is 1.24. The van der Waals surface area contributed by atoms with E-state index in [4.69, 9.17) is 14.2 Å². The van der Waals surface area contributed by atoms with Crippen LogP contribution >= 0.6 is 0 Å². The lowest BCUT2D eigenvalue weighted by Crippen LogP contribution is -2.31. The fourth-order valence-electron chi connectivity index (χ4n) is 3.31. The molecule has 9 heteroatoms. The van der Waals surface area contributed by atoms with Crippen molar-refractivity contribution in [3.05, 3.63) is 42.0 Å². The number of ether oxygens (including phenoxy) is 3. The second-order valence-electron chi connectivity index (χ2n) is 6.91. The zero-order valence-electron chi connectivity index (χ0n) is 19.3. The third-order valence-electron chi connectivity index (χ3n) is 4.96. The number of nitrogens with zero attached hydrogens (tertiary/aromatic N) is 1. The standard InChI is InChI=1S/C23H32N2O6S/c1-6-25(7-2)32(27,28)22-16-18(10-12-21(22)31-8-3)24-23(26)14-9-17-15-19(29-4)11-13-20(17)30-5/h10-13,15-16H,6-9,14H2,1-5H3,(H,24,26). The Balaban J connectivity index is 2.22. The first-order valence-corrected chi connectivity index (χ1v) is 12.0. The highest BCUT2D eigenvalue weighted by Gasteiger charge is 2.26. The Morgan fingerprint density at radius 1 is 0.969 bits per heavy atom. The van der Waals surface area contributed by atoms with Crippen molar-refractivity contribution in [2.24, 2.45) is 0 Å². The Morgan fingerprint density at radius 3 is 2.25 bits per heavy atom. The molecule has 0 radical (unpaired) electrons. The van der Waals surface area contributed by atoms with Gasteiger partial charge in [-0.1, -0.05) is 13.8 Å². The van der Waals surface area contributed by atoms with Crippen molar-refractivity contribution in [1.82, 2.24) is 4.31 Å². The number of benzene rings is 2. The van der Waals surface area contributed by atoms with Crippen LogP contribution in [0.15, 0.2) is 41.3 Å². The number of amides is 1. The molecule has 2 aromatic carbocycles. The molecular formula is C23H32N2O6S. The largest absolute Gasteiger partial charge is 0.497 e. The van der Waals surface area contributed by atoms with Gasteiger partial charge in [0, 0.05) is 25.2 Å². The Bertz CT molecular complexity index is 1020. The minimum absolute atomic E-state index is 0.0373. The highest BCUT2D eigenvalue weighted by atomic mass is 32.2. The molecule has 0 atom stereocenters. The molecule has 0 aromatic heterocycles. The quantitative estimate of drug-likeness (QED) is 0.515. The maximum atomic E-state index is 13.1. The molecule has 0 fully saturated rings. The summed E-state index contributed by atoms with van der Waals surface area (Å²) in [5, 5.41) is 2.79. The molecule has 32 heavy (non-hydrogen) atoms. The van der Waals surface area contributed by atoms with Crippen molar-refractivity contribution in [2.45, 2.75) is 38.5 Å². The first kappa shape index (κ1) is 25.5. The predicted molar refractivity (Wildman–Crippen MR) is 124 cm³/mol. The van der Waals surface area contributed by atoms with E-state index in [9.17, 15) is 13.2 Å². The van der Waals surface area contributed by atoms with Crippen LogP contribution in [0.3, 0.4) is 0 Å². The van der Waals surface area contributed by atoms with Crippen molar-refractivity contribution in [1.29, 1.82) is 0 Å². The van der Waals surface area contributed by atoms with Gasteiger partial charge in [0.05, 0.1) is 20.8 Å². The summed E-state index contributed by atoms with van der Waals surface area (Å²) in [6, 6.07) is 10.1. The SMILES string of the molecule is CCOc1ccc(NC(=O)CCc2cc(OC)ccc2OC)cc1S(=O)(=O)N(CC)CC. The maximum Gasteiger partial charge on any atom is 0.246 e. The number of aryl methyl sites for hydroxylation is 1. The van der Waals surface area contributed by atoms with E-state index in [1.165, 1.54) is 10.4 Å². The van der Waals surface area contributed by atoms with E-state index in [0.717, 1.165) is 5.56 Å². The van der Waals surface area contributed by atoms with Crippen molar-refractivity contribution in [3.63, 3.8) is 0 Å². The van der Waals surface area contributed by atoms with E-state index < -0.39 is 10.0 Å². The highest BCUT2D eigenvalue weighted by molar-refractivity contribution is 7.89. The second kappa shape index (κ2) is 11.7. The third-order valence-corrected chi connectivity index (χ3v) is 7.03. The number of methoxy groups -OCH3 is 2. The van der Waals surface area contributed by atoms with E-state index in [-0.39, 0.29) is 23.0 Å². The van der Waals surface area contributed by atoms with Gasteiger partial charge in [0.2, 0.25) is 15.9 Å². The van der Waals surface area contributed by atoms with Gasteiger partial charge in [0.15, 0.2) is 0 Å². The number of carbonyl (C=O) groups excluding carboxylic acids is 1. The molecule has 0 heterocycles. The van der Waals surface area contributed by atoms with E-state index in [2.05, 4.69) is 5.32 Å². The summed E-state index contributed by atoms with van der Waals surface area (Å²) >= 11 is 0. The van der Waals surface area contributed by atoms with Crippen molar-refractivity contribution >= 4 is 21.6 Å². The summed E-state index contributed by atoms with van der Waals surface area (Å²) in [7, 11) is -0.608. The normalized spacial score (nSPS) is 11.3. The van der Waals surface area contributed by atoms with Gasteiger partial charge >= 0.3 is 0 Å². The molecule has 0 bridgehead atoms. The number of hydrogen-bond acceptors (Lipinski definition) is 6. The summed E-state index contributed by atoms with van der Waals surface area (Å²) in [6.07, 6.45) is 0.628. The van der Waals surface area contributed by atoms with Crippen LogP contribution in [-0.4, -0.2) is 52.5 Å². The molecule has 0 saturated heterocycles. The summed E-state index contributed by atoms with van der Waals surface area (Å²) in [6.45, 7) is 6.34. The minimum Gasteiger partial charge on any atom is -0.497 e. The monoisotopic (exact) mass is 464 g/mol. The second-order valence-corrected chi connectivity index (χ2v) is 8.82. The van der Waals surface area contributed by atoms with Crippen LogP contribution in [0.2, 0.25) is 0 Å². The number of anilines is 1. The van der Waals surface area contributed by atoms with Crippen LogP contribution in [0.1, 0.15) is 32.8 Å². The fourth-order valence-corrected chi connectivity index (χ4v) is 4.93. The van der Waals surface area contributed by atoms with Gasteiger partial charge in [0.25, 0.3) is 0 Å². The van der Waals surface area contributed by atoms with Crippen molar-refractivity contribution < 1.29 is 27.4 Å². The maximum absolute atomic E-state index is 13.1. The minimum atomic E-state index is -3.76. The Labute approximate surface area is 190 Å². The summed E-state index contributed by atoms with van der Waals surface area (Å²) in [4.78, 5) is 12.6. The van der Waals surface area contributed by atoms with Gasteiger partial charge in [-0.15, -0.1) is 0 Å². The zero-order chi connectivity index (χ0) is 23.7. The molecule has 0 aliphatic rings. The van der Waals surface area contributed by atoms with E-state index in [0.29, 0.717) is 43.3 Å². The van der Waals surface area contributed by atoms with Gasteiger partial charge in [-0.3, -0.25) is 4.79 Å². The average molecular weight is 465 g/mol. The molecule has 0 unspecified atom stereocenters. The van der Waals surface area contributed by atoms with Gasteiger partial charge in [-0.25, -0.2) is 8.42 Å². The first-order chi connectivity index (χ1) is 15.3. The molecule has 0 aliphatic carbocycles. The third kappa shape index (κ3) is 6.14.